The zero-order valence-corrected chi connectivity index (χ0v) is 14.3. The van der Waals surface area contributed by atoms with Gasteiger partial charge in [-0.2, -0.15) is 0 Å². The lowest BCUT2D eigenvalue weighted by molar-refractivity contribution is 0.230. The third kappa shape index (κ3) is 3.98. The Morgan fingerprint density at radius 3 is 2.56 bits per heavy atom. The summed E-state index contributed by atoms with van der Waals surface area (Å²) in [6, 6.07) is 20.6. The van der Waals surface area contributed by atoms with Crippen molar-refractivity contribution in [2.45, 2.75) is 13.2 Å². The van der Waals surface area contributed by atoms with Crippen molar-refractivity contribution in [2.24, 2.45) is 0 Å². The highest BCUT2D eigenvalue weighted by molar-refractivity contribution is 5.85. The van der Waals surface area contributed by atoms with Crippen LogP contribution in [0.5, 0.6) is 5.75 Å². The highest BCUT2D eigenvalue weighted by Gasteiger charge is 2.13. The molecule has 1 aliphatic rings. The molecule has 1 fully saturated rings. The maximum Gasteiger partial charge on any atom is 0.131 e. The standard InChI is InChI=1S/C21H23N3O/c1-2-6-17(7-3-1)16-25-21-14-18(15-24-12-10-22-11-13-24)23-20-9-5-4-8-19(20)21/h1-9,14,22H,10-13,15-16H2. The molecule has 0 radical (unpaired) electrons. The molecule has 1 aliphatic heterocycles. The van der Waals surface area contributed by atoms with Gasteiger partial charge in [-0.1, -0.05) is 42.5 Å². The van der Waals surface area contributed by atoms with E-state index in [0.29, 0.717) is 6.61 Å². The molecule has 0 unspecified atom stereocenters. The predicted molar refractivity (Wildman–Crippen MR) is 101 cm³/mol. The van der Waals surface area contributed by atoms with E-state index in [1.807, 2.05) is 30.3 Å². The summed E-state index contributed by atoms with van der Waals surface area (Å²) in [4.78, 5) is 7.28. The number of rotatable bonds is 5. The summed E-state index contributed by atoms with van der Waals surface area (Å²) >= 11 is 0. The van der Waals surface area contributed by atoms with E-state index in [2.05, 4.69) is 40.5 Å². The van der Waals surface area contributed by atoms with Crippen molar-refractivity contribution in [3.8, 4) is 5.75 Å². The van der Waals surface area contributed by atoms with E-state index >= 15 is 0 Å². The number of para-hydroxylation sites is 1. The highest BCUT2D eigenvalue weighted by Crippen LogP contribution is 2.27. The van der Waals surface area contributed by atoms with Crippen molar-refractivity contribution >= 4 is 10.9 Å². The summed E-state index contributed by atoms with van der Waals surface area (Å²) in [5, 5.41) is 4.46. The molecule has 0 saturated carbocycles. The van der Waals surface area contributed by atoms with E-state index in [1.54, 1.807) is 0 Å². The summed E-state index contributed by atoms with van der Waals surface area (Å²) in [7, 11) is 0. The monoisotopic (exact) mass is 333 g/mol. The number of piperazine rings is 1. The van der Waals surface area contributed by atoms with E-state index in [0.717, 1.165) is 55.1 Å². The van der Waals surface area contributed by atoms with Gasteiger partial charge in [0.15, 0.2) is 0 Å². The second-order valence-electron chi connectivity index (χ2n) is 6.43. The second-order valence-corrected chi connectivity index (χ2v) is 6.43. The number of hydrogen-bond acceptors (Lipinski definition) is 4. The molecule has 1 saturated heterocycles. The molecule has 4 heteroatoms. The molecular formula is C21H23N3O. The molecule has 0 amide bonds. The van der Waals surface area contributed by atoms with Crippen LogP contribution in [0.25, 0.3) is 10.9 Å². The molecule has 128 valence electrons. The average Bonchev–Trinajstić information content (AvgIpc) is 2.68. The number of hydrogen-bond donors (Lipinski definition) is 1. The summed E-state index contributed by atoms with van der Waals surface area (Å²) < 4.78 is 6.16. The Kier molecular flexibility index (Phi) is 4.91. The third-order valence-electron chi connectivity index (χ3n) is 4.56. The fourth-order valence-corrected chi connectivity index (χ4v) is 3.23. The first-order valence-corrected chi connectivity index (χ1v) is 8.87. The molecule has 3 aromatic rings. The maximum absolute atomic E-state index is 6.16. The van der Waals surface area contributed by atoms with Crippen LogP contribution in [0, 0.1) is 0 Å². The van der Waals surface area contributed by atoms with Gasteiger partial charge in [0.25, 0.3) is 0 Å². The number of aromatic nitrogens is 1. The van der Waals surface area contributed by atoms with Crippen LogP contribution in [0.4, 0.5) is 0 Å². The lowest BCUT2D eigenvalue weighted by Gasteiger charge is -2.27. The molecule has 4 nitrogen and oxygen atoms in total. The molecule has 0 bridgehead atoms. The molecule has 0 spiro atoms. The summed E-state index contributed by atoms with van der Waals surface area (Å²) in [6.45, 7) is 5.66. The average molecular weight is 333 g/mol. The molecule has 2 aromatic carbocycles. The summed E-state index contributed by atoms with van der Waals surface area (Å²) in [6.07, 6.45) is 0. The fraction of sp³-hybridized carbons (Fsp3) is 0.286. The predicted octanol–water partition coefficient (Wildman–Crippen LogP) is 3.22. The van der Waals surface area contributed by atoms with Gasteiger partial charge in [0, 0.05) is 44.2 Å². The number of pyridine rings is 1. The molecule has 25 heavy (non-hydrogen) atoms. The van der Waals surface area contributed by atoms with E-state index in [-0.39, 0.29) is 0 Å². The first kappa shape index (κ1) is 16.1. The SMILES string of the molecule is c1ccc(COc2cc(CN3CCNCC3)nc3ccccc23)cc1. The minimum atomic E-state index is 0.571. The largest absolute Gasteiger partial charge is 0.488 e. The van der Waals surface area contributed by atoms with Crippen molar-refractivity contribution in [1.29, 1.82) is 0 Å². The fourth-order valence-electron chi connectivity index (χ4n) is 3.23. The molecule has 1 N–H and O–H groups in total. The molecule has 1 aromatic heterocycles. The Morgan fingerprint density at radius 1 is 0.960 bits per heavy atom. The summed E-state index contributed by atoms with van der Waals surface area (Å²) in [5.74, 6) is 0.916. The minimum absolute atomic E-state index is 0.571. The number of ether oxygens (including phenoxy) is 1. The second kappa shape index (κ2) is 7.64. The molecule has 0 aliphatic carbocycles. The van der Waals surface area contributed by atoms with Gasteiger partial charge < -0.3 is 10.1 Å². The highest BCUT2D eigenvalue weighted by atomic mass is 16.5. The topological polar surface area (TPSA) is 37.4 Å². The Labute approximate surface area is 148 Å². The lowest BCUT2D eigenvalue weighted by atomic mass is 10.1. The van der Waals surface area contributed by atoms with Gasteiger partial charge >= 0.3 is 0 Å². The van der Waals surface area contributed by atoms with Gasteiger partial charge in [0.05, 0.1) is 11.2 Å². The van der Waals surface area contributed by atoms with Crippen LogP contribution >= 0.6 is 0 Å². The third-order valence-corrected chi connectivity index (χ3v) is 4.56. The summed E-state index contributed by atoms with van der Waals surface area (Å²) in [5.41, 5.74) is 3.24. The van der Waals surface area contributed by atoms with Crippen LogP contribution < -0.4 is 10.1 Å². The van der Waals surface area contributed by atoms with Gasteiger partial charge in [-0.05, 0) is 17.7 Å². The maximum atomic E-state index is 6.16. The van der Waals surface area contributed by atoms with Crippen molar-refractivity contribution in [2.75, 3.05) is 26.2 Å². The van der Waals surface area contributed by atoms with Gasteiger partial charge in [0.2, 0.25) is 0 Å². The Hall–Kier alpha value is -2.43. The van der Waals surface area contributed by atoms with Gasteiger partial charge in [-0.25, -0.2) is 0 Å². The number of fused-ring (bicyclic) bond motifs is 1. The first-order chi connectivity index (χ1) is 12.4. The smallest absolute Gasteiger partial charge is 0.131 e. The van der Waals surface area contributed by atoms with Crippen LogP contribution in [0.1, 0.15) is 11.3 Å². The minimum Gasteiger partial charge on any atom is -0.488 e. The van der Waals surface area contributed by atoms with Crippen molar-refractivity contribution in [3.63, 3.8) is 0 Å². The number of nitrogens with one attached hydrogen (secondary N) is 1. The van der Waals surface area contributed by atoms with Crippen LogP contribution in [0.3, 0.4) is 0 Å². The van der Waals surface area contributed by atoms with E-state index < -0.39 is 0 Å². The van der Waals surface area contributed by atoms with Crippen molar-refractivity contribution in [3.05, 3.63) is 71.9 Å². The first-order valence-electron chi connectivity index (χ1n) is 8.87. The Morgan fingerprint density at radius 2 is 1.72 bits per heavy atom. The van der Waals surface area contributed by atoms with E-state index in [4.69, 9.17) is 9.72 Å². The zero-order valence-electron chi connectivity index (χ0n) is 14.3. The van der Waals surface area contributed by atoms with E-state index in [9.17, 15) is 0 Å². The normalized spacial score (nSPS) is 15.4. The number of benzene rings is 2. The molecule has 0 atom stereocenters. The quantitative estimate of drug-likeness (QED) is 0.778. The van der Waals surface area contributed by atoms with Gasteiger partial charge in [0.1, 0.15) is 12.4 Å². The number of nitrogens with zero attached hydrogens (tertiary/aromatic N) is 2. The van der Waals surface area contributed by atoms with E-state index in [1.165, 1.54) is 5.56 Å². The molecule has 2 heterocycles. The molecule has 4 rings (SSSR count). The van der Waals surface area contributed by atoms with Crippen molar-refractivity contribution in [1.82, 2.24) is 15.2 Å². The van der Waals surface area contributed by atoms with Crippen LogP contribution in [-0.4, -0.2) is 36.1 Å². The van der Waals surface area contributed by atoms with Crippen LogP contribution in [0.15, 0.2) is 60.7 Å². The van der Waals surface area contributed by atoms with Crippen molar-refractivity contribution < 1.29 is 4.74 Å². The van der Waals surface area contributed by atoms with Gasteiger partial charge in [-0.15, -0.1) is 0 Å². The lowest BCUT2D eigenvalue weighted by Crippen LogP contribution is -2.43. The Balaban J connectivity index is 1.59. The zero-order chi connectivity index (χ0) is 16.9. The van der Waals surface area contributed by atoms with Crippen LogP contribution in [0.2, 0.25) is 0 Å². The Bertz CT molecular complexity index is 829. The van der Waals surface area contributed by atoms with Gasteiger partial charge in [-0.3, -0.25) is 9.88 Å². The molecular weight excluding hydrogens is 310 g/mol. The van der Waals surface area contributed by atoms with Crippen LogP contribution in [-0.2, 0) is 13.2 Å².